The Balaban J connectivity index is 1.72. The van der Waals surface area contributed by atoms with Gasteiger partial charge in [-0.05, 0) is 25.1 Å². The second kappa shape index (κ2) is 9.81. The molecule has 168 valence electrons. The van der Waals surface area contributed by atoms with Gasteiger partial charge in [-0.25, -0.2) is 22.6 Å². The molecule has 0 N–H and O–H groups in total. The van der Waals surface area contributed by atoms with Crippen LogP contribution in [0.4, 0.5) is 9.52 Å². The third kappa shape index (κ3) is 5.26. The zero-order valence-corrected chi connectivity index (χ0v) is 18.7. The van der Waals surface area contributed by atoms with Crippen LogP contribution in [0.3, 0.4) is 0 Å². The topological polar surface area (TPSA) is 106 Å². The summed E-state index contributed by atoms with van der Waals surface area (Å²) in [4.78, 5) is 29.2. The SMILES string of the molecule is CCN(C(C)=O)c1nc(COC(=O)c2ccc(F)c(S(=O)(=O)N3CCOCC3)c2)cs1. The molecule has 1 aliphatic rings. The van der Waals surface area contributed by atoms with Crippen LogP contribution in [0.2, 0.25) is 0 Å². The molecule has 3 rings (SSSR count). The number of esters is 1. The Labute approximate surface area is 183 Å². The van der Waals surface area contributed by atoms with Gasteiger partial charge in [0, 0.05) is 31.9 Å². The number of amides is 1. The normalized spacial score (nSPS) is 14.9. The van der Waals surface area contributed by atoms with E-state index in [1.165, 1.54) is 23.2 Å². The van der Waals surface area contributed by atoms with Crippen LogP contribution < -0.4 is 4.90 Å². The molecule has 0 spiro atoms. The standard InChI is InChI=1S/C19H22FN3O6S2/c1-3-23(13(2)24)19-21-15(12-30-19)11-29-18(25)14-4-5-16(20)17(10-14)31(26,27)22-6-8-28-9-7-22/h4-5,10,12H,3,6-9,11H2,1-2H3. The number of rotatable bonds is 7. The van der Waals surface area contributed by atoms with E-state index in [1.807, 2.05) is 6.92 Å². The van der Waals surface area contributed by atoms with Gasteiger partial charge < -0.3 is 9.47 Å². The molecule has 0 bridgehead atoms. The van der Waals surface area contributed by atoms with Crippen molar-refractivity contribution in [2.24, 2.45) is 0 Å². The van der Waals surface area contributed by atoms with Gasteiger partial charge in [-0.2, -0.15) is 4.31 Å². The van der Waals surface area contributed by atoms with Crippen molar-refractivity contribution in [2.45, 2.75) is 25.3 Å². The minimum Gasteiger partial charge on any atom is -0.456 e. The number of thiazole rings is 1. The molecule has 12 heteroatoms. The van der Waals surface area contributed by atoms with Crippen molar-refractivity contribution in [2.75, 3.05) is 37.7 Å². The van der Waals surface area contributed by atoms with Crippen molar-refractivity contribution in [1.29, 1.82) is 0 Å². The zero-order valence-electron chi connectivity index (χ0n) is 17.0. The van der Waals surface area contributed by atoms with Gasteiger partial charge in [0.15, 0.2) is 5.13 Å². The van der Waals surface area contributed by atoms with Crippen LogP contribution in [0.5, 0.6) is 0 Å². The first-order valence-corrected chi connectivity index (χ1v) is 11.8. The lowest BCUT2D eigenvalue weighted by atomic mass is 10.2. The molecule has 1 aromatic carbocycles. The van der Waals surface area contributed by atoms with E-state index in [0.717, 1.165) is 22.5 Å². The summed E-state index contributed by atoms with van der Waals surface area (Å²) in [5.74, 6) is -1.91. The average molecular weight is 472 g/mol. The fourth-order valence-electron chi connectivity index (χ4n) is 2.96. The van der Waals surface area contributed by atoms with Crippen LogP contribution >= 0.6 is 11.3 Å². The van der Waals surface area contributed by atoms with Crippen molar-refractivity contribution in [3.8, 4) is 0 Å². The van der Waals surface area contributed by atoms with Gasteiger partial charge in [0.05, 0.1) is 24.5 Å². The van der Waals surface area contributed by atoms with Gasteiger partial charge in [-0.1, -0.05) is 0 Å². The number of hydrogen-bond acceptors (Lipinski definition) is 8. The minimum absolute atomic E-state index is 0.0948. The van der Waals surface area contributed by atoms with Gasteiger partial charge in [0.1, 0.15) is 17.3 Å². The van der Waals surface area contributed by atoms with Gasteiger partial charge in [0.2, 0.25) is 15.9 Å². The van der Waals surface area contributed by atoms with Crippen molar-refractivity contribution < 1.29 is 31.9 Å². The van der Waals surface area contributed by atoms with Crippen molar-refractivity contribution in [3.63, 3.8) is 0 Å². The third-order valence-corrected chi connectivity index (χ3v) is 7.40. The summed E-state index contributed by atoms with van der Waals surface area (Å²) in [5, 5.41) is 2.15. The predicted molar refractivity (Wildman–Crippen MR) is 111 cm³/mol. The smallest absolute Gasteiger partial charge is 0.338 e. The van der Waals surface area contributed by atoms with Crippen LogP contribution in [0.1, 0.15) is 29.9 Å². The zero-order chi connectivity index (χ0) is 22.6. The second-order valence-corrected chi connectivity index (χ2v) is 9.37. The van der Waals surface area contributed by atoms with E-state index >= 15 is 0 Å². The number of anilines is 1. The maximum atomic E-state index is 14.3. The van der Waals surface area contributed by atoms with Gasteiger partial charge in [-0.3, -0.25) is 9.69 Å². The number of carbonyl (C=O) groups is 2. The van der Waals surface area contributed by atoms with E-state index in [2.05, 4.69) is 4.98 Å². The molecule has 1 amide bonds. The first kappa shape index (κ1) is 23.3. The third-order valence-electron chi connectivity index (χ3n) is 4.57. The highest BCUT2D eigenvalue weighted by molar-refractivity contribution is 7.89. The summed E-state index contributed by atoms with van der Waals surface area (Å²) in [6, 6.07) is 3.07. The van der Waals surface area contributed by atoms with Crippen LogP contribution in [0, 0.1) is 5.82 Å². The first-order valence-electron chi connectivity index (χ1n) is 9.51. The molecule has 2 heterocycles. The molecule has 1 saturated heterocycles. The predicted octanol–water partition coefficient (Wildman–Crippen LogP) is 2.03. The van der Waals surface area contributed by atoms with Crippen molar-refractivity contribution in [3.05, 3.63) is 40.7 Å². The number of ether oxygens (including phenoxy) is 2. The van der Waals surface area contributed by atoms with Crippen LogP contribution in [-0.4, -0.2) is 62.4 Å². The van der Waals surface area contributed by atoms with E-state index in [9.17, 15) is 22.4 Å². The van der Waals surface area contributed by atoms with Gasteiger partial charge >= 0.3 is 5.97 Å². The maximum absolute atomic E-state index is 14.3. The number of sulfonamides is 1. The van der Waals surface area contributed by atoms with Crippen molar-refractivity contribution in [1.82, 2.24) is 9.29 Å². The molecular weight excluding hydrogens is 449 g/mol. The Bertz CT molecular complexity index is 1070. The summed E-state index contributed by atoms with van der Waals surface area (Å²) >= 11 is 1.24. The molecule has 9 nitrogen and oxygen atoms in total. The summed E-state index contributed by atoms with van der Waals surface area (Å²) in [5.41, 5.74) is 0.346. The lowest BCUT2D eigenvalue weighted by Gasteiger charge is -2.26. The van der Waals surface area contributed by atoms with Gasteiger partial charge in [0.25, 0.3) is 0 Å². The van der Waals surface area contributed by atoms with Crippen LogP contribution in [0.25, 0.3) is 0 Å². The molecule has 0 unspecified atom stereocenters. The molecule has 1 fully saturated rings. The first-order chi connectivity index (χ1) is 14.7. The fourth-order valence-corrected chi connectivity index (χ4v) is 5.37. The fraction of sp³-hybridized carbons (Fsp3) is 0.421. The number of carbonyl (C=O) groups excluding carboxylic acids is 2. The molecule has 1 aromatic heterocycles. The minimum atomic E-state index is -4.11. The monoisotopic (exact) mass is 471 g/mol. The number of aromatic nitrogens is 1. The van der Waals surface area contributed by atoms with E-state index in [-0.39, 0.29) is 44.4 Å². The average Bonchev–Trinajstić information content (AvgIpc) is 3.21. The Morgan fingerprint density at radius 2 is 2.03 bits per heavy atom. The molecule has 0 aliphatic carbocycles. The number of nitrogens with zero attached hydrogens (tertiary/aromatic N) is 3. The lowest BCUT2D eigenvalue weighted by Crippen LogP contribution is -2.41. The quantitative estimate of drug-likeness (QED) is 0.569. The molecule has 2 aromatic rings. The summed E-state index contributed by atoms with van der Waals surface area (Å²) in [7, 11) is -4.11. The number of morpholine rings is 1. The van der Waals surface area contributed by atoms with E-state index < -0.39 is 26.7 Å². The summed E-state index contributed by atoms with van der Waals surface area (Å²) in [6.07, 6.45) is 0. The second-order valence-electron chi connectivity index (χ2n) is 6.62. The Morgan fingerprint density at radius 3 is 2.68 bits per heavy atom. The molecule has 0 saturated carbocycles. The maximum Gasteiger partial charge on any atom is 0.338 e. The summed E-state index contributed by atoms with van der Waals surface area (Å²) < 4.78 is 51.2. The Morgan fingerprint density at radius 1 is 1.32 bits per heavy atom. The molecule has 0 radical (unpaired) electrons. The molecular formula is C19H22FN3O6S2. The highest BCUT2D eigenvalue weighted by Crippen LogP contribution is 2.24. The summed E-state index contributed by atoms with van der Waals surface area (Å²) in [6.45, 7) is 4.19. The Kier molecular flexibility index (Phi) is 7.36. The number of halogens is 1. The highest BCUT2D eigenvalue weighted by atomic mass is 32.2. The number of benzene rings is 1. The lowest BCUT2D eigenvalue weighted by molar-refractivity contribution is -0.116. The van der Waals surface area contributed by atoms with E-state index in [0.29, 0.717) is 17.4 Å². The number of hydrogen-bond donors (Lipinski definition) is 0. The van der Waals surface area contributed by atoms with Crippen LogP contribution in [-0.2, 0) is 30.9 Å². The van der Waals surface area contributed by atoms with Crippen LogP contribution in [0.15, 0.2) is 28.5 Å². The Hall–Kier alpha value is -2.41. The molecule has 31 heavy (non-hydrogen) atoms. The largest absolute Gasteiger partial charge is 0.456 e. The highest BCUT2D eigenvalue weighted by Gasteiger charge is 2.30. The van der Waals surface area contributed by atoms with Crippen molar-refractivity contribution >= 4 is 38.4 Å². The molecule has 1 aliphatic heterocycles. The van der Waals surface area contributed by atoms with Gasteiger partial charge in [-0.15, -0.1) is 11.3 Å². The molecule has 0 atom stereocenters. The van der Waals surface area contributed by atoms with E-state index in [4.69, 9.17) is 9.47 Å². The van der Waals surface area contributed by atoms with E-state index in [1.54, 1.807) is 5.38 Å².